The van der Waals surface area contributed by atoms with Gasteiger partial charge in [0.1, 0.15) is 10.7 Å². The van der Waals surface area contributed by atoms with E-state index in [1.54, 1.807) is 0 Å². The quantitative estimate of drug-likeness (QED) is 0.817. The maximum atomic E-state index is 13.2. The Bertz CT molecular complexity index is 609. The molecule has 19 heavy (non-hydrogen) atoms. The first-order valence-corrected chi connectivity index (χ1v) is 7.73. The molecular weight excluding hydrogens is 375 g/mol. The highest BCUT2D eigenvalue weighted by atomic mass is 79.9. The lowest BCUT2D eigenvalue weighted by Gasteiger charge is -2.09. The van der Waals surface area contributed by atoms with Gasteiger partial charge in [-0.1, -0.05) is 0 Å². The maximum Gasteiger partial charge on any atom is 0.262 e. The summed E-state index contributed by atoms with van der Waals surface area (Å²) in [7, 11) is 0.778. The van der Waals surface area contributed by atoms with Crippen LogP contribution in [0.3, 0.4) is 0 Å². The molecule has 0 heterocycles. The van der Waals surface area contributed by atoms with E-state index in [-0.39, 0.29) is 4.47 Å². The van der Waals surface area contributed by atoms with Crippen LogP contribution in [0, 0.1) is 5.82 Å². The fraction of sp³-hybridized carbons (Fsp3) is 0.222. The maximum absolute atomic E-state index is 13.2. The number of hydrogen-bond acceptors (Lipinski definition) is 3. The van der Waals surface area contributed by atoms with Gasteiger partial charge in [0.05, 0.1) is 16.6 Å². The van der Waals surface area contributed by atoms with Crippen molar-refractivity contribution in [3.8, 4) is 0 Å². The highest BCUT2D eigenvalue weighted by Gasteiger charge is 2.22. The molecule has 1 aromatic rings. The van der Waals surface area contributed by atoms with Crippen LogP contribution >= 0.6 is 26.6 Å². The predicted octanol–water partition coefficient (Wildman–Crippen LogP) is 2.51. The summed E-state index contributed by atoms with van der Waals surface area (Å²) in [5.74, 6) is -2.09. The summed E-state index contributed by atoms with van der Waals surface area (Å²) in [5.41, 5.74) is -0.445. The largest absolute Gasteiger partial charge is 0.346 e. The molecule has 0 radical (unpaired) electrons. The summed E-state index contributed by atoms with van der Waals surface area (Å²) >= 11 is 2.78. The van der Waals surface area contributed by atoms with Crippen molar-refractivity contribution >= 4 is 41.6 Å². The first-order valence-electron chi connectivity index (χ1n) is 4.63. The van der Waals surface area contributed by atoms with E-state index in [9.17, 15) is 26.4 Å². The van der Waals surface area contributed by atoms with Crippen molar-refractivity contribution in [2.45, 2.75) is 11.3 Å². The Balaban J connectivity index is 3.22. The summed E-state index contributed by atoms with van der Waals surface area (Å²) in [6, 6.07) is 1.31. The van der Waals surface area contributed by atoms with Crippen LogP contribution in [0.1, 0.15) is 10.4 Å². The van der Waals surface area contributed by atoms with E-state index in [0.717, 1.165) is 0 Å². The minimum absolute atomic E-state index is 0.296. The van der Waals surface area contributed by atoms with Crippen molar-refractivity contribution < 1.29 is 26.4 Å². The third-order valence-electron chi connectivity index (χ3n) is 1.93. The van der Waals surface area contributed by atoms with Gasteiger partial charge >= 0.3 is 0 Å². The van der Waals surface area contributed by atoms with Gasteiger partial charge < -0.3 is 5.32 Å². The summed E-state index contributed by atoms with van der Waals surface area (Å²) in [4.78, 5) is 10.9. The van der Waals surface area contributed by atoms with Crippen LogP contribution in [0.5, 0.6) is 0 Å². The molecule has 0 unspecified atom stereocenters. The van der Waals surface area contributed by atoms with Crippen LogP contribution in [0.4, 0.5) is 13.2 Å². The first-order chi connectivity index (χ1) is 8.62. The lowest BCUT2D eigenvalue weighted by atomic mass is 10.2. The summed E-state index contributed by atoms with van der Waals surface area (Å²) in [6.07, 6.45) is -2.78. The minimum atomic E-state index is -4.29. The standard InChI is InChI=1S/C9H6BrClF3NO3S/c10-8-5(9(16)15-3-7(13)14)1-4(12)2-6(8)19(11,17)18/h1-2,7H,3H2,(H,15,16). The van der Waals surface area contributed by atoms with Crippen molar-refractivity contribution in [2.75, 3.05) is 6.54 Å². The highest BCUT2D eigenvalue weighted by Crippen LogP contribution is 2.29. The molecule has 4 nitrogen and oxygen atoms in total. The van der Waals surface area contributed by atoms with E-state index in [0.29, 0.717) is 12.1 Å². The third-order valence-corrected chi connectivity index (χ3v) is 4.39. The molecule has 0 saturated carbocycles. The lowest BCUT2D eigenvalue weighted by molar-refractivity contribution is 0.0890. The Labute approximate surface area is 119 Å². The lowest BCUT2D eigenvalue weighted by Crippen LogP contribution is -2.29. The predicted molar refractivity (Wildman–Crippen MR) is 65.5 cm³/mol. The minimum Gasteiger partial charge on any atom is -0.346 e. The van der Waals surface area contributed by atoms with Crippen LogP contribution in [-0.4, -0.2) is 27.3 Å². The number of carbonyl (C=O) groups is 1. The topological polar surface area (TPSA) is 63.2 Å². The first kappa shape index (κ1) is 16.3. The average Bonchev–Trinajstić information content (AvgIpc) is 2.27. The Kier molecular flexibility index (Phi) is 5.22. The normalized spacial score (nSPS) is 11.7. The van der Waals surface area contributed by atoms with Crippen molar-refractivity contribution in [2.24, 2.45) is 0 Å². The fourth-order valence-electron chi connectivity index (χ4n) is 1.17. The number of benzene rings is 1. The van der Waals surface area contributed by atoms with Gasteiger partial charge in [-0.2, -0.15) is 0 Å². The number of carbonyl (C=O) groups excluding carboxylic acids is 1. The molecule has 1 amide bonds. The van der Waals surface area contributed by atoms with E-state index in [2.05, 4.69) is 15.9 Å². The summed E-state index contributed by atoms with van der Waals surface area (Å²) < 4.78 is 59.1. The number of alkyl halides is 2. The number of rotatable bonds is 4. The Hall–Kier alpha value is -0.800. The van der Waals surface area contributed by atoms with Gasteiger partial charge in [-0.15, -0.1) is 0 Å². The van der Waals surface area contributed by atoms with E-state index >= 15 is 0 Å². The second kappa shape index (κ2) is 6.10. The van der Waals surface area contributed by atoms with Crippen LogP contribution in [0.15, 0.2) is 21.5 Å². The van der Waals surface area contributed by atoms with E-state index in [1.165, 1.54) is 0 Å². The number of halogens is 5. The smallest absolute Gasteiger partial charge is 0.262 e. The Morgan fingerprint density at radius 3 is 2.47 bits per heavy atom. The van der Waals surface area contributed by atoms with Gasteiger partial charge in [0.25, 0.3) is 21.4 Å². The zero-order chi connectivity index (χ0) is 14.8. The van der Waals surface area contributed by atoms with Gasteiger partial charge in [-0.25, -0.2) is 21.6 Å². The molecule has 106 valence electrons. The zero-order valence-corrected chi connectivity index (χ0v) is 12.1. The van der Waals surface area contributed by atoms with Gasteiger partial charge in [0.2, 0.25) is 0 Å². The fourth-order valence-corrected chi connectivity index (χ4v) is 3.44. The van der Waals surface area contributed by atoms with Gasteiger partial charge in [-0.05, 0) is 28.1 Å². The van der Waals surface area contributed by atoms with Crippen molar-refractivity contribution in [3.63, 3.8) is 0 Å². The van der Waals surface area contributed by atoms with E-state index < -0.39 is 44.2 Å². The molecule has 0 aromatic heterocycles. The zero-order valence-electron chi connectivity index (χ0n) is 8.96. The van der Waals surface area contributed by atoms with E-state index in [4.69, 9.17) is 10.7 Å². The SMILES string of the molecule is O=C(NCC(F)F)c1cc(F)cc(S(=O)(=O)Cl)c1Br. The number of amides is 1. The van der Waals surface area contributed by atoms with Crippen LogP contribution in [0.2, 0.25) is 0 Å². The molecular formula is C9H6BrClF3NO3S. The molecule has 0 aliphatic carbocycles. The van der Waals surface area contributed by atoms with Crippen molar-refractivity contribution in [3.05, 3.63) is 28.0 Å². The molecule has 1 N–H and O–H groups in total. The second-order valence-electron chi connectivity index (χ2n) is 3.30. The van der Waals surface area contributed by atoms with Gasteiger partial charge in [-0.3, -0.25) is 4.79 Å². The molecule has 0 saturated heterocycles. The molecule has 0 bridgehead atoms. The Morgan fingerprint density at radius 2 is 2.00 bits per heavy atom. The average molecular weight is 381 g/mol. The molecule has 0 atom stereocenters. The van der Waals surface area contributed by atoms with Gasteiger partial charge in [0, 0.05) is 10.7 Å². The Morgan fingerprint density at radius 1 is 1.42 bits per heavy atom. The van der Waals surface area contributed by atoms with E-state index in [1.807, 2.05) is 5.32 Å². The second-order valence-corrected chi connectivity index (χ2v) is 6.63. The molecule has 0 fully saturated rings. The number of hydrogen-bond donors (Lipinski definition) is 1. The molecule has 0 spiro atoms. The van der Waals surface area contributed by atoms with Crippen molar-refractivity contribution in [1.29, 1.82) is 0 Å². The van der Waals surface area contributed by atoms with Crippen LogP contribution in [-0.2, 0) is 9.05 Å². The van der Waals surface area contributed by atoms with Crippen LogP contribution in [0.25, 0.3) is 0 Å². The molecule has 1 rings (SSSR count). The molecule has 10 heteroatoms. The molecule has 1 aromatic carbocycles. The monoisotopic (exact) mass is 379 g/mol. The molecule has 0 aliphatic rings. The third kappa shape index (κ3) is 4.36. The summed E-state index contributed by atoms with van der Waals surface area (Å²) in [5, 5.41) is 1.82. The number of nitrogens with one attached hydrogen (secondary N) is 1. The van der Waals surface area contributed by atoms with Gasteiger partial charge in [0.15, 0.2) is 0 Å². The molecule has 0 aliphatic heterocycles. The van der Waals surface area contributed by atoms with Crippen LogP contribution < -0.4 is 5.32 Å². The summed E-state index contributed by atoms with van der Waals surface area (Å²) in [6.45, 7) is -0.940. The van der Waals surface area contributed by atoms with Crippen molar-refractivity contribution in [1.82, 2.24) is 5.32 Å². The highest BCUT2D eigenvalue weighted by molar-refractivity contribution is 9.10.